The highest BCUT2D eigenvalue weighted by atomic mass is 32.2. The smallest absolute Gasteiger partial charge is 0.298 e. The summed E-state index contributed by atoms with van der Waals surface area (Å²) in [4.78, 5) is 18.6. The molecule has 1 heterocycles. The molecule has 0 radical (unpaired) electrons. The van der Waals surface area contributed by atoms with Gasteiger partial charge in [-0.25, -0.2) is 0 Å². The van der Waals surface area contributed by atoms with Crippen LogP contribution in [0.3, 0.4) is 0 Å². The van der Waals surface area contributed by atoms with Gasteiger partial charge in [-0.2, -0.15) is 13.7 Å². The van der Waals surface area contributed by atoms with Gasteiger partial charge < -0.3 is 14.6 Å². The van der Waals surface area contributed by atoms with Gasteiger partial charge in [0.2, 0.25) is 0 Å². The van der Waals surface area contributed by atoms with Crippen molar-refractivity contribution in [3.8, 4) is 11.8 Å². The first kappa shape index (κ1) is 24.0. The highest BCUT2D eigenvalue weighted by molar-refractivity contribution is 7.86. The summed E-state index contributed by atoms with van der Waals surface area (Å²) in [5.41, 5.74) is 2.35. The lowest BCUT2D eigenvalue weighted by molar-refractivity contribution is 0.103. The minimum absolute atomic E-state index is 0.0145. The minimum Gasteiger partial charge on any atom is -0.491 e. The fourth-order valence-electron chi connectivity index (χ4n) is 4.64. The first-order valence-electron chi connectivity index (χ1n) is 11.1. The normalized spacial score (nSPS) is 14.7. The molecule has 0 atom stereocenters. The molecule has 0 unspecified atom stereocenters. The first-order valence-corrected chi connectivity index (χ1v) is 12.6. The van der Waals surface area contributed by atoms with Gasteiger partial charge in [0.25, 0.3) is 10.1 Å². The lowest BCUT2D eigenvalue weighted by Gasteiger charge is -2.33. The molecule has 0 saturated heterocycles. The van der Waals surface area contributed by atoms with Crippen LogP contribution in [0.2, 0.25) is 0 Å². The van der Waals surface area contributed by atoms with Crippen LogP contribution in [0.5, 0.6) is 5.75 Å². The van der Waals surface area contributed by atoms with Crippen LogP contribution in [0.25, 0.3) is 10.9 Å². The van der Waals surface area contributed by atoms with Crippen LogP contribution < -0.4 is 4.74 Å². The van der Waals surface area contributed by atoms with Crippen LogP contribution in [0.15, 0.2) is 35.2 Å². The number of rotatable bonds is 7. The fourth-order valence-corrected chi connectivity index (χ4v) is 5.28. The predicted octanol–water partition coefficient (Wildman–Crippen LogP) is 3.88. The summed E-state index contributed by atoms with van der Waals surface area (Å²) in [5.74, 6) is -0.333. The maximum absolute atomic E-state index is 13.6. The molecule has 2 N–H and O–H groups in total. The number of nitrogens with zero attached hydrogens (tertiary/aromatic N) is 2. The van der Waals surface area contributed by atoms with E-state index in [-0.39, 0.29) is 23.7 Å². The van der Waals surface area contributed by atoms with E-state index in [1.807, 2.05) is 27.7 Å². The number of aromatic amines is 1. The number of carbonyl (C=O) groups excluding carboxylic acids is 1. The summed E-state index contributed by atoms with van der Waals surface area (Å²) >= 11 is 0. The van der Waals surface area contributed by atoms with Gasteiger partial charge in [0.15, 0.2) is 5.78 Å². The zero-order valence-electron chi connectivity index (χ0n) is 19.6. The topological polar surface area (TPSA) is 123 Å². The third-order valence-corrected chi connectivity index (χ3v) is 7.49. The Labute approximate surface area is 198 Å². The van der Waals surface area contributed by atoms with Gasteiger partial charge in [-0.1, -0.05) is 33.8 Å². The number of ketones is 1. The Bertz CT molecular complexity index is 1440. The molecule has 0 fully saturated rings. The largest absolute Gasteiger partial charge is 0.491 e. The van der Waals surface area contributed by atoms with E-state index in [4.69, 9.17) is 4.74 Å². The van der Waals surface area contributed by atoms with Crippen molar-refractivity contribution in [2.45, 2.75) is 38.0 Å². The van der Waals surface area contributed by atoms with Crippen molar-refractivity contribution >= 4 is 26.8 Å². The number of nitrogens with one attached hydrogen (secondary N) is 1. The second kappa shape index (κ2) is 8.55. The maximum atomic E-state index is 13.6. The lowest BCUT2D eigenvalue weighted by Crippen LogP contribution is -2.31. The van der Waals surface area contributed by atoms with Gasteiger partial charge in [0.1, 0.15) is 17.3 Å². The molecule has 0 saturated carbocycles. The second-order valence-electron chi connectivity index (χ2n) is 8.90. The van der Waals surface area contributed by atoms with Crippen molar-refractivity contribution < 1.29 is 22.5 Å². The van der Waals surface area contributed by atoms with Crippen LogP contribution in [0.4, 0.5) is 0 Å². The van der Waals surface area contributed by atoms with Gasteiger partial charge in [-0.15, -0.1) is 0 Å². The molecule has 8 nitrogen and oxygen atoms in total. The van der Waals surface area contributed by atoms with E-state index in [0.29, 0.717) is 39.8 Å². The molecule has 1 aliphatic rings. The molecule has 0 spiro atoms. The molecule has 3 aromatic rings. The van der Waals surface area contributed by atoms with Crippen molar-refractivity contribution in [3.05, 3.63) is 58.3 Å². The van der Waals surface area contributed by atoms with E-state index < -0.39 is 20.4 Å². The summed E-state index contributed by atoms with van der Waals surface area (Å²) in [5, 5.41) is 9.90. The van der Waals surface area contributed by atoms with E-state index in [1.165, 1.54) is 6.07 Å². The van der Waals surface area contributed by atoms with Crippen LogP contribution in [0, 0.1) is 11.3 Å². The number of hydrogen-bond acceptors (Lipinski definition) is 6. The molecule has 178 valence electrons. The Kier molecular flexibility index (Phi) is 6.02. The number of benzene rings is 2. The molecule has 1 aromatic heterocycles. The molecule has 9 heteroatoms. The van der Waals surface area contributed by atoms with Crippen molar-refractivity contribution in [2.24, 2.45) is 0 Å². The van der Waals surface area contributed by atoms with Gasteiger partial charge in [0.05, 0.1) is 17.2 Å². The molecule has 0 aliphatic heterocycles. The fraction of sp³-hybridized carbons (Fsp3) is 0.360. The van der Waals surface area contributed by atoms with E-state index in [0.717, 1.165) is 13.1 Å². The van der Waals surface area contributed by atoms with E-state index in [2.05, 4.69) is 16.0 Å². The van der Waals surface area contributed by atoms with E-state index in [9.17, 15) is 23.0 Å². The summed E-state index contributed by atoms with van der Waals surface area (Å²) in [6.07, 6.45) is 0. The van der Waals surface area contributed by atoms with Crippen molar-refractivity contribution in [1.29, 1.82) is 5.26 Å². The maximum Gasteiger partial charge on any atom is 0.298 e. The highest BCUT2D eigenvalue weighted by Gasteiger charge is 2.41. The SMILES string of the molecule is CCN(CC)CCOc1cc2c(cc1S(=O)(=O)O)C(=O)c1c([nH]c3cc(C#N)ccc13)C2(C)C. The van der Waals surface area contributed by atoms with Crippen LogP contribution in [-0.2, 0) is 15.5 Å². The summed E-state index contributed by atoms with van der Waals surface area (Å²) in [7, 11) is -4.64. The number of ether oxygens (including phenoxy) is 1. The van der Waals surface area contributed by atoms with E-state index in [1.54, 1.807) is 24.3 Å². The monoisotopic (exact) mass is 481 g/mol. The molecule has 0 bridgehead atoms. The third kappa shape index (κ3) is 3.88. The molecular formula is C25H27N3O5S. The Morgan fingerprint density at radius 2 is 1.88 bits per heavy atom. The first-order chi connectivity index (χ1) is 16.0. The van der Waals surface area contributed by atoms with Crippen molar-refractivity contribution in [1.82, 2.24) is 9.88 Å². The third-order valence-electron chi connectivity index (χ3n) is 6.62. The second-order valence-corrected chi connectivity index (χ2v) is 10.3. The number of H-pyrrole nitrogens is 1. The summed E-state index contributed by atoms with van der Waals surface area (Å²) in [6.45, 7) is 10.4. The Balaban J connectivity index is 1.87. The molecule has 34 heavy (non-hydrogen) atoms. The van der Waals surface area contributed by atoms with Crippen LogP contribution in [0.1, 0.15) is 60.4 Å². The lowest BCUT2D eigenvalue weighted by atomic mass is 9.71. The number of nitriles is 1. The van der Waals surface area contributed by atoms with Gasteiger partial charge in [0, 0.05) is 34.1 Å². The van der Waals surface area contributed by atoms with Crippen LogP contribution >= 0.6 is 0 Å². The summed E-state index contributed by atoms with van der Waals surface area (Å²) < 4.78 is 40.2. The molecule has 2 aromatic carbocycles. The van der Waals surface area contributed by atoms with Crippen molar-refractivity contribution in [2.75, 3.05) is 26.2 Å². The highest BCUT2D eigenvalue weighted by Crippen LogP contribution is 2.46. The standard InChI is InChI=1S/C25H27N3O5S/c1-5-28(6-2)9-10-33-20-13-18-17(12-21(20)34(30,31)32)23(29)22-16-8-7-15(14-26)11-19(16)27-24(22)25(18,3)4/h7-8,11-13,27H,5-6,9-10H2,1-4H3,(H,30,31,32). The summed E-state index contributed by atoms with van der Waals surface area (Å²) in [6, 6.07) is 9.91. The van der Waals surface area contributed by atoms with E-state index >= 15 is 0 Å². The predicted molar refractivity (Wildman–Crippen MR) is 128 cm³/mol. The molecular weight excluding hydrogens is 454 g/mol. The average molecular weight is 482 g/mol. The zero-order chi connectivity index (χ0) is 24.8. The quantitative estimate of drug-likeness (QED) is 0.491. The van der Waals surface area contributed by atoms with Gasteiger partial charge >= 0.3 is 0 Å². The van der Waals surface area contributed by atoms with Gasteiger partial charge in [-0.05, 0) is 42.9 Å². The number of carbonyl (C=O) groups is 1. The van der Waals surface area contributed by atoms with Gasteiger partial charge in [-0.3, -0.25) is 9.35 Å². The Hall–Kier alpha value is -3.19. The molecule has 4 rings (SSSR count). The Morgan fingerprint density at radius 1 is 1.18 bits per heavy atom. The number of hydrogen-bond donors (Lipinski definition) is 2. The number of fused-ring (bicyclic) bond motifs is 4. The Morgan fingerprint density at radius 3 is 2.50 bits per heavy atom. The van der Waals surface area contributed by atoms with Crippen LogP contribution in [-0.4, -0.2) is 54.9 Å². The molecule has 1 aliphatic carbocycles. The molecule has 0 amide bonds. The minimum atomic E-state index is -4.64. The number of aromatic nitrogens is 1. The van der Waals surface area contributed by atoms with Crippen molar-refractivity contribution in [3.63, 3.8) is 0 Å². The average Bonchev–Trinajstić information content (AvgIpc) is 3.19. The number of likely N-dealkylation sites (N-methyl/N-ethyl adjacent to an activating group) is 1. The zero-order valence-corrected chi connectivity index (χ0v) is 20.4.